The zero-order chi connectivity index (χ0) is 12.8. The Bertz CT molecular complexity index is 403. The number of aryl methyl sites for hydroxylation is 1. The van der Waals surface area contributed by atoms with Crippen LogP contribution in [0.2, 0.25) is 0 Å². The minimum absolute atomic E-state index is 0.487. The van der Waals surface area contributed by atoms with Crippen LogP contribution in [0.3, 0.4) is 0 Å². The quantitative estimate of drug-likeness (QED) is 0.226. The maximum atomic E-state index is 9.73. The van der Waals surface area contributed by atoms with Gasteiger partial charge in [0.25, 0.3) is 0 Å². The predicted octanol–water partition coefficient (Wildman–Crippen LogP) is 2.03. The molecule has 0 amide bonds. The molecule has 0 bridgehead atoms. The third-order valence-electron chi connectivity index (χ3n) is 2.00. The molecule has 4 nitrogen and oxygen atoms in total. The summed E-state index contributed by atoms with van der Waals surface area (Å²) in [7, 11) is 3.67. The molecule has 0 unspecified atom stereocenters. The lowest BCUT2D eigenvalue weighted by Gasteiger charge is -2.10. The van der Waals surface area contributed by atoms with Crippen molar-refractivity contribution in [2.24, 2.45) is 0 Å². The Morgan fingerprint density at radius 2 is 2.12 bits per heavy atom. The van der Waals surface area contributed by atoms with Crippen LogP contribution < -0.4 is 4.89 Å². The summed E-state index contributed by atoms with van der Waals surface area (Å²) < 4.78 is 1.73. The second-order valence-electron chi connectivity index (χ2n) is 4.00. The number of aliphatic hydroxyl groups is 1. The molecule has 1 aromatic carbocycles. The largest absolute Gasteiger partial charge is 0.388 e. The van der Waals surface area contributed by atoms with Gasteiger partial charge in [0.2, 0.25) is 0 Å². The van der Waals surface area contributed by atoms with E-state index in [-0.39, 0.29) is 0 Å². The molecule has 0 saturated carbocycles. The minimum atomic E-state index is -0.546. The Labute approximate surface area is 110 Å². The molecule has 0 fully saturated rings. The molecular formula is C12H17BrNO3+. The maximum absolute atomic E-state index is 9.73. The summed E-state index contributed by atoms with van der Waals surface area (Å²) in [5.74, 6) is 0.568. The van der Waals surface area contributed by atoms with Crippen LogP contribution in [-0.2, 0) is 4.89 Å². The zero-order valence-corrected chi connectivity index (χ0v) is 11.8. The lowest BCUT2D eigenvalue weighted by atomic mass is 10.1. The van der Waals surface area contributed by atoms with E-state index in [4.69, 9.17) is 9.78 Å². The van der Waals surface area contributed by atoms with Crippen molar-refractivity contribution >= 4 is 22.3 Å². The van der Waals surface area contributed by atoms with Crippen molar-refractivity contribution in [2.75, 3.05) is 19.4 Å². The van der Waals surface area contributed by atoms with Crippen LogP contribution in [0.5, 0.6) is 5.75 Å². The fourth-order valence-electron chi connectivity index (χ4n) is 1.27. The van der Waals surface area contributed by atoms with Crippen molar-refractivity contribution in [2.45, 2.75) is 13.0 Å². The molecule has 0 aliphatic heterocycles. The Hall–Kier alpha value is -1.07. The summed E-state index contributed by atoms with van der Waals surface area (Å²) in [6.45, 7) is 1.94. The van der Waals surface area contributed by atoms with E-state index in [2.05, 4.69) is 15.9 Å². The van der Waals surface area contributed by atoms with Crippen LogP contribution in [0.1, 0.15) is 17.2 Å². The highest BCUT2D eigenvalue weighted by Crippen LogP contribution is 2.23. The molecule has 0 aliphatic rings. The van der Waals surface area contributed by atoms with E-state index in [9.17, 15) is 5.11 Å². The van der Waals surface area contributed by atoms with Gasteiger partial charge in [-0.25, -0.2) is 9.46 Å². The van der Waals surface area contributed by atoms with Crippen LogP contribution in [0.25, 0.3) is 0 Å². The van der Waals surface area contributed by atoms with Crippen LogP contribution in [0.4, 0.5) is 0 Å². The summed E-state index contributed by atoms with van der Waals surface area (Å²) in [5, 5.41) is 10.2. The smallest absolute Gasteiger partial charge is 0.369 e. The van der Waals surface area contributed by atoms with E-state index in [1.807, 2.05) is 33.2 Å². The van der Waals surface area contributed by atoms with E-state index in [0.717, 1.165) is 11.1 Å². The Balaban J connectivity index is 2.79. The van der Waals surface area contributed by atoms with Crippen LogP contribution in [0, 0.1) is 6.92 Å². The highest BCUT2D eigenvalue weighted by molar-refractivity contribution is 9.09. The number of alkyl halides is 1. The van der Waals surface area contributed by atoms with Gasteiger partial charge in [-0.3, -0.25) is 4.89 Å². The lowest BCUT2D eigenvalue weighted by Crippen LogP contribution is -2.06. The molecule has 0 saturated heterocycles. The Morgan fingerprint density at radius 1 is 1.41 bits per heavy atom. The first kappa shape index (κ1) is 14.0. The summed E-state index contributed by atoms with van der Waals surface area (Å²) in [4.78, 5) is 10.0. The van der Waals surface area contributed by atoms with Gasteiger partial charge in [0.1, 0.15) is 14.1 Å². The molecule has 17 heavy (non-hydrogen) atoms. The van der Waals surface area contributed by atoms with E-state index in [1.165, 1.54) is 6.40 Å². The van der Waals surface area contributed by atoms with E-state index in [1.54, 1.807) is 10.6 Å². The zero-order valence-electron chi connectivity index (χ0n) is 10.2. The van der Waals surface area contributed by atoms with Gasteiger partial charge in [-0.1, -0.05) is 22.0 Å². The molecule has 5 heteroatoms. The molecular weight excluding hydrogens is 286 g/mol. The molecule has 1 N–H and O–H groups in total. The molecule has 94 valence electrons. The molecule has 1 rings (SSSR count). The Kier molecular flexibility index (Phi) is 5.44. The van der Waals surface area contributed by atoms with Gasteiger partial charge in [-0.15, -0.1) is 0 Å². The maximum Gasteiger partial charge on any atom is 0.369 e. The number of rotatable bonds is 5. The van der Waals surface area contributed by atoms with Crippen LogP contribution in [0.15, 0.2) is 18.2 Å². The van der Waals surface area contributed by atoms with Gasteiger partial charge >= 0.3 is 6.40 Å². The third-order valence-corrected chi connectivity index (χ3v) is 2.62. The summed E-state index contributed by atoms with van der Waals surface area (Å²) >= 11 is 3.24. The Morgan fingerprint density at radius 3 is 2.71 bits per heavy atom. The summed E-state index contributed by atoms with van der Waals surface area (Å²) in [6, 6.07) is 5.50. The first-order chi connectivity index (χ1) is 8.02. The van der Waals surface area contributed by atoms with E-state index < -0.39 is 6.10 Å². The van der Waals surface area contributed by atoms with Gasteiger partial charge in [0, 0.05) is 5.33 Å². The minimum Gasteiger partial charge on any atom is -0.388 e. The van der Waals surface area contributed by atoms with Crippen molar-refractivity contribution in [1.29, 1.82) is 0 Å². The number of benzene rings is 1. The fraction of sp³-hybridized carbons (Fsp3) is 0.417. The van der Waals surface area contributed by atoms with Gasteiger partial charge in [-0.2, -0.15) is 0 Å². The fourth-order valence-corrected chi connectivity index (χ4v) is 1.64. The van der Waals surface area contributed by atoms with Crippen molar-refractivity contribution in [3.8, 4) is 5.75 Å². The second-order valence-corrected chi connectivity index (χ2v) is 4.65. The summed E-state index contributed by atoms with van der Waals surface area (Å²) in [5.41, 5.74) is 1.80. The monoisotopic (exact) mass is 302 g/mol. The first-order valence-electron chi connectivity index (χ1n) is 5.21. The lowest BCUT2D eigenvalue weighted by molar-refractivity contribution is -0.475. The van der Waals surface area contributed by atoms with Crippen LogP contribution >= 0.6 is 15.9 Å². The van der Waals surface area contributed by atoms with Gasteiger partial charge in [0.15, 0.2) is 5.75 Å². The topological polar surface area (TPSA) is 41.7 Å². The molecule has 0 heterocycles. The summed E-state index contributed by atoms with van der Waals surface area (Å²) in [6.07, 6.45) is 0.901. The number of halogens is 1. The second kappa shape index (κ2) is 6.61. The van der Waals surface area contributed by atoms with Gasteiger partial charge in [-0.05, 0) is 30.2 Å². The van der Waals surface area contributed by atoms with Crippen molar-refractivity contribution in [3.05, 3.63) is 29.3 Å². The molecule has 0 aliphatic carbocycles. The van der Waals surface area contributed by atoms with Crippen molar-refractivity contribution < 1.29 is 19.5 Å². The molecule has 1 atom stereocenters. The number of hydrogen-bond acceptors (Lipinski definition) is 3. The van der Waals surface area contributed by atoms with Crippen molar-refractivity contribution in [3.63, 3.8) is 0 Å². The van der Waals surface area contributed by atoms with Gasteiger partial charge < -0.3 is 5.11 Å². The van der Waals surface area contributed by atoms with Gasteiger partial charge in [0.05, 0.1) is 6.10 Å². The molecule has 0 radical (unpaired) electrons. The van der Waals surface area contributed by atoms with Crippen LogP contribution in [-0.4, -0.2) is 35.5 Å². The van der Waals surface area contributed by atoms with Crippen molar-refractivity contribution in [1.82, 2.24) is 0 Å². The van der Waals surface area contributed by atoms with E-state index in [0.29, 0.717) is 11.1 Å². The average molecular weight is 303 g/mol. The van der Waals surface area contributed by atoms with E-state index >= 15 is 0 Å². The predicted molar refractivity (Wildman–Crippen MR) is 69.8 cm³/mol. The number of aliphatic hydroxyl groups excluding tert-OH is 1. The molecule has 1 aromatic rings. The number of nitrogens with zero attached hydrogens (tertiary/aromatic N) is 1. The SMILES string of the molecule is Cc1cc(OOC=[N+](C)C)cc([C@@H](O)CBr)c1. The standard InChI is InChI=1S/C12H17BrNO3/c1-9-4-10(12(15)7-13)6-11(5-9)17-16-8-14(2)3/h4-6,8,12,15H,7H2,1-3H3/q+1/t12-/m0/s1. The molecule has 0 aromatic heterocycles. The highest BCUT2D eigenvalue weighted by atomic mass is 79.9. The molecule has 0 spiro atoms. The highest BCUT2D eigenvalue weighted by Gasteiger charge is 2.08. The number of hydrogen-bond donors (Lipinski definition) is 1. The third kappa shape index (κ3) is 4.75. The first-order valence-corrected chi connectivity index (χ1v) is 6.34. The average Bonchev–Trinajstić information content (AvgIpc) is 2.26. The normalized spacial score (nSPS) is 11.8.